The van der Waals surface area contributed by atoms with Gasteiger partial charge in [-0.15, -0.1) is 0 Å². The van der Waals surface area contributed by atoms with E-state index < -0.39 is 12.4 Å². The number of ether oxygens (including phenoxy) is 1. The van der Waals surface area contributed by atoms with E-state index in [1.54, 1.807) is 0 Å². The molecule has 1 heterocycles. The van der Waals surface area contributed by atoms with E-state index >= 15 is 0 Å². The lowest BCUT2D eigenvalue weighted by Crippen LogP contribution is -2.33. The summed E-state index contributed by atoms with van der Waals surface area (Å²) in [7, 11) is 0. The number of aliphatic imine (C=N–C) groups is 1. The molecule has 0 N–H and O–H groups in total. The number of allylic oxidation sites excluding steroid dienone is 2. The molecule has 3 heteroatoms. The molecule has 2 aromatic rings. The second kappa shape index (κ2) is 5.52. The van der Waals surface area contributed by atoms with Gasteiger partial charge in [0.05, 0.1) is 11.5 Å². The Morgan fingerprint density at radius 1 is 1.00 bits per heavy atom. The molecule has 0 saturated carbocycles. The quantitative estimate of drug-likeness (QED) is 0.825. The van der Waals surface area contributed by atoms with Crippen molar-refractivity contribution in [2.75, 3.05) is 6.67 Å². The van der Waals surface area contributed by atoms with E-state index in [9.17, 15) is 4.39 Å². The highest BCUT2D eigenvalue weighted by molar-refractivity contribution is 6.09. The average Bonchev–Trinajstić information content (AvgIpc) is 2.56. The Labute approximate surface area is 123 Å². The van der Waals surface area contributed by atoms with Gasteiger partial charge < -0.3 is 4.74 Å². The Balaban J connectivity index is 2.11. The SMILES string of the molecule is CC1=CC(c2ccccc2)=N[C@@](CF)(c2ccccc2)O1. The Bertz CT molecular complexity index is 679. The smallest absolute Gasteiger partial charge is 0.254 e. The van der Waals surface area contributed by atoms with Crippen LogP contribution in [0.1, 0.15) is 18.1 Å². The maximum atomic E-state index is 13.8. The Morgan fingerprint density at radius 3 is 2.24 bits per heavy atom. The number of alkyl halides is 1. The van der Waals surface area contributed by atoms with Gasteiger partial charge in [0.1, 0.15) is 0 Å². The normalized spacial score (nSPS) is 21.2. The van der Waals surface area contributed by atoms with Crippen LogP contribution in [0.15, 0.2) is 77.5 Å². The summed E-state index contributed by atoms with van der Waals surface area (Å²) in [5, 5.41) is 0. The summed E-state index contributed by atoms with van der Waals surface area (Å²) in [6.07, 6.45) is 1.84. The third-order valence-corrected chi connectivity index (χ3v) is 3.45. The average molecular weight is 281 g/mol. The first kappa shape index (κ1) is 13.6. The minimum Gasteiger partial charge on any atom is -0.464 e. The van der Waals surface area contributed by atoms with Gasteiger partial charge in [0.2, 0.25) is 0 Å². The zero-order valence-corrected chi connectivity index (χ0v) is 11.8. The number of hydrogen-bond acceptors (Lipinski definition) is 2. The van der Waals surface area contributed by atoms with Crippen molar-refractivity contribution < 1.29 is 9.13 Å². The maximum Gasteiger partial charge on any atom is 0.254 e. The molecule has 0 amide bonds. The van der Waals surface area contributed by atoms with Gasteiger partial charge in [-0.2, -0.15) is 0 Å². The van der Waals surface area contributed by atoms with Gasteiger partial charge in [0, 0.05) is 11.6 Å². The van der Waals surface area contributed by atoms with Crippen LogP contribution in [0, 0.1) is 0 Å². The standard InChI is InChI=1S/C18H16FNO/c1-14-12-17(15-8-4-2-5-9-15)20-18(13-19,21-14)16-10-6-3-7-11-16/h2-12H,13H2,1H3/t18-/m1/s1. The van der Waals surface area contributed by atoms with Crippen LogP contribution in [-0.4, -0.2) is 12.4 Å². The third kappa shape index (κ3) is 2.59. The predicted octanol–water partition coefficient (Wildman–Crippen LogP) is 4.23. The summed E-state index contributed by atoms with van der Waals surface area (Å²) in [5.74, 6) is 0.658. The minimum absolute atomic E-state index is 0.658. The number of rotatable bonds is 3. The van der Waals surface area contributed by atoms with E-state index in [1.165, 1.54) is 0 Å². The molecular formula is C18H16FNO. The van der Waals surface area contributed by atoms with Gasteiger partial charge in [0.15, 0.2) is 6.67 Å². The second-order valence-electron chi connectivity index (χ2n) is 5.00. The highest BCUT2D eigenvalue weighted by Crippen LogP contribution is 2.34. The van der Waals surface area contributed by atoms with E-state index in [-0.39, 0.29) is 0 Å². The van der Waals surface area contributed by atoms with Crippen molar-refractivity contribution in [3.63, 3.8) is 0 Å². The molecule has 0 bridgehead atoms. The molecule has 3 rings (SSSR count). The zero-order chi connectivity index (χ0) is 14.7. The molecule has 1 atom stereocenters. The largest absolute Gasteiger partial charge is 0.464 e. The van der Waals surface area contributed by atoms with E-state index in [1.807, 2.05) is 73.7 Å². The number of hydrogen-bond donors (Lipinski definition) is 0. The minimum atomic E-state index is -1.29. The lowest BCUT2D eigenvalue weighted by atomic mass is 10.0. The molecule has 21 heavy (non-hydrogen) atoms. The van der Waals surface area contributed by atoms with Crippen LogP contribution in [0.5, 0.6) is 0 Å². The summed E-state index contributed by atoms with van der Waals surface area (Å²) in [5.41, 5.74) is 1.12. The first-order valence-electron chi connectivity index (χ1n) is 6.87. The van der Waals surface area contributed by atoms with Crippen LogP contribution in [0.2, 0.25) is 0 Å². The molecule has 0 aliphatic carbocycles. The zero-order valence-electron chi connectivity index (χ0n) is 11.8. The third-order valence-electron chi connectivity index (χ3n) is 3.45. The summed E-state index contributed by atoms with van der Waals surface area (Å²) in [4.78, 5) is 4.57. The number of halogens is 1. The lowest BCUT2D eigenvalue weighted by molar-refractivity contribution is -0.0176. The Kier molecular flexibility index (Phi) is 3.57. The number of nitrogens with zero attached hydrogens (tertiary/aromatic N) is 1. The van der Waals surface area contributed by atoms with Crippen molar-refractivity contribution in [1.82, 2.24) is 0 Å². The van der Waals surface area contributed by atoms with Crippen molar-refractivity contribution in [1.29, 1.82) is 0 Å². The van der Waals surface area contributed by atoms with Gasteiger partial charge in [-0.3, -0.25) is 0 Å². The fourth-order valence-corrected chi connectivity index (χ4v) is 2.45. The van der Waals surface area contributed by atoms with Crippen LogP contribution in [0.4, 0.5) is 4.39 Å². The molecule has 0 spiro atoms. The second-order valence-corrected chi connectivity index (χ2v) is 5.00. The Morgan fingerprint density at radius 2 is 1.62 bits per heavy atom. The van der Waals surface area contributed by atoms with Crippen LogP contribution >= 0.6 is 0 Å². The van der Waals surface area contributed by atoms with Gasteiger partial charge in [-0.05, 0) is 12.5 Å². The van der Waals surface area contributed by atoms with E-state index in [0.29, 0.717) is 11.3 Å². The van der Waals surface area contributed by atoms with Crippen LogP contribution < -0.4 is 0 Å². The van der Waals surface area contributed by atoms with Crippen molar-refractivity contribution in [2.45, 2.75) is 12.6 Å². The van der Waals surface area contributed by atoms with E-state index in [4.69, 9.17) is 4.74 Å². The summed E-state index contributed by atoms with van der Waals surface area (Å²) in [6, 6.07) is 19.0. The predicted molar refractivity (Wildman–Crippen MR) is 81.9 cm³/mol. The van der Waals surface area contributed by atoms with Crippen molar-refractivity contribution >= 4 is 5.71 Å². The van der Waals surface area contributed by atoms with Gasteiger partial charge in [-0.25, -0.2) is 9.38 Å². The maximum absolute atomic E-state index is 13.8. The van der Waals surface area contributed by atoms with Crippen LogP contribution in [0.25, 0.3) is 0 Å². The molecule has 106 valence electrons. The van der Waals surface area contributed by atoms with E-state index in [2.05, 4.69) is 4.99 Å². The monoisotopic (exact) mass is 281 g/mol. The first-order valence-corrected chi connectivity index (χ1v) is 6.87. The lowest BCUT2D eigenvalue weighted by Gasteiger charge is -2.32. The fourth-order valence-electron chi connectivity index (χ4n) is 2.45. The molecule has 1 aliphatic rings. The van der Waals surface area contributed by atoms with Gasteiger partial charge >= 0.3 is 0 Å². The molecule has 2 nitrogen and oxygen atoms in total. The Hall–Kier alpha value is -2.42. The summed E-state index contributed by atoms with van der Waals surface area (Å²) < 4.78 is 19.6. The number of benzene rings is 2. The molecule has 0 saturated heterocycles. The molecule has 0 radical (unpaired) electrons. The van der Waals surface area contributed by atoms with Crippen molar-refractivity contribution in [3.05, 3.63) is 83.6 Å². The molecule has 0 fully saturated rings. The topological polar surface area (TPSA) is 21.6 Å². The highest BCUT2D eigenvalue weighted by Gasteiger charge is 2.37. The van der Waals surface area contributed by atoms with E-state index in [0.717, 1.165) is 11.3 Å². The molecule has 2 aromatic carbocycles. The highest BCUT2D eigenvalue weighted by atomic mass is 19.1. The van der Waals surface area contributed by atoms with Crippen molar-refractivity contribution in [2.24, 2.45) is 4.99 Å². The van der Waals surface area contributed by atoms with Crippen LogP contribution in [-0.2, 0) is 10.5 Å². The molecular weight excluding hydrogens is 265 g/mol. The van der Waals surface area contributed by atoms with Crippen LogP contribution in [0.3, 0.4) is 0 Å². The first-order chi connectivity index (χ1) is 10.2. The summed E-state index contributed by atoms with van der Waals surface area (Å²) in [6.45, 7) is 1.11. The van der Waals surface area contributed by atoms with Gasteiger partial charge in [0.25, 0.3) is 5.72 Å². The molecule has 0 unspecified atom stereocenters. The molecule has 0 aromatic heterocycles. The molecule has 1 aliphatic heterocycles. The fraction of sp³-hybridized carbons (Fsp3) is 0.167. The van der Waals surface area contributed by atoms with Gasteiger partial charge in [-0.1, -0.05) is 60.7 Å². The van der Waals surface area contributed by atoms with Crippen molar-refractivity contribution in [3.8, 4) is 0 Å². The summed E-state index contributed by atoms with van der Waals surface area (Å²) >= 11 is 0.